The number of ether oxygens (including phenoxy) is 1. The quantitative estimate of drug-likeness (QED) is 0.586. The molecule has 28 heavy (non-hydrogen) atoms. The molecule has 3 nitrogen and oxygen atoms in total. The monoisotopic (exact) mass is 396 g/mol. The average Bonchev–Trinajstić information content (AvgIpc) is 2.81. The van der Waals surface area contributed by atoms with Crippen LogP contribution in [0.15, 0.2) is 42.2 Å². The van der Waals surface area contributed by atoms with Crippen LogP contribution in [0.4, 0.5) is 0 Å². The third-order valence-electron chi connectivity index (χ3n) is 6.07. The van der Waals surface area contributed by atoms with Gasteiger partial charge in [-0.2, -0.15) is 0 Å². The maximum absolute atomic E-state index is 12.8. The summed E-state index contributed by atoms with van der Waals surface area (Å²) < 4.78 is 5.82. The summed E-state index contributed by atoms with van der Waals surface area (Å²) in [6.07, 6.45) is 5.56. The highest BCUT2D eigenvalue weighted by Gasteiger charge is 2.48. The van der Waals surface area contributed by atoms with Crippen LogP contribution in [0, 0.1) is 13.8 Å². The molecule has 2 aromatic carbocycles. The van der Waals surface area contributed by atoms with Crippen molar-refractivity contribution in [3.05, 3.63) is 63.9 Å². The fourth-order valence-electron chi connectivity index (χ4n) is 4.54. The molecule has 0 saturated heterocycles. The van der Waals surface area contributed by atoms with Crippen LogP contribution in [0.3, 0.4) is 0 Å². The molecule has 1 fully saturated rings. The Morgan fingerprint density at radius 2 is 1.54 bits per heavy atom. The van der Waals surface area contributed by atoms with E-state index in [4.69, 9.17) is 16.3 Å². The summed E-state index contributed by atoms with van der Waals surface area (Å²) in [4.78, 5) is 12.8. The molecule has 0 unspecified atom stereocenters. The maximum atomic E-state index is 12.8. The first kappa shape index (κ1) is 19.1. The van der Waals surface area contributed by atoms with Gasteiger partial charge in [0.05, 0.1) is 0 Å². The van der Waals surface area contributed by atoms with Crippen molar-refractivity contribution in [3.63, 3.8) is 0 Å². The summed E-state index contributed by atoms with van der Waals surface area (Å²) in [7, 11) is 0. The standard InChI is InChI=1S/C24H25ClO3/c1-15-13-16(2)20(14-19(15)17-7-9-18(25)10-8-17)21-22(26)24(28-23(21)27)11-5-3-4-6-12-24/h7-10,13-14,26H,3-6,11-12H2,1-2H3. The molecule has 1 aliphatic heterocycles. The Morgan fingerprint density at radius 3 is 2.18 bits per heavy atom. The van der Waals surface area contributed by atoms with Crippen molar-refractivity contribution in [1.29, 1.82) is 0 Å². The second kappa shape index (κ2) is 7.29. The third-order valence-corrected chi connectivity index (χ3v) is 6.32. The highest BCUT2D eigenvalue weighted by atomic mass is 35.5. The van der Waals surface area contributed by atoms with Crippen LogP contribution >= 0.6 is 11.6 Å². The number of aliphatic hydroxyl groups excluding tert-OH is 1. The molecule has 1 N–H and O–H groups in total. The van der Waals surface area contributed by atoms with E-state index in [2.05, 4.69) is 13.0 Å². The zero-order chi connectivity index (χ0) is 19.9. The Morgan fingerprint density at radius 1 is 0.929 bits per heavy atom. The van der Waals surface area contributed by atoms with E-state index in [1.54, 1.807) is 0 Å². The smallest absolute Gasteiger partial charge is 0.343 e. The maximum Gasteiger partial charge on any atom is 0.343 e. The van der Waals surface area contributed by atoms with Gasteiger partial charge in [0.15, 0.2) is 11.4 Å². The highest BCUT2D eigenvalue weighted by Crippen LogP contribution is 2.45. The lowest BCUT2D eigenvalue weighted by atomic mass is 9.87. The van der Waals surface area contributed by atoms with Crippen LogP contribution in [0.5, 0.6) is 0 Å². The highest BCUT2D eigenvalue weighted by molar-refractivity contribution is 6.30. The van der Waals surface area contributed by atoms with E-state index in [1.165, 1.54) is 0 Å². The number of rotatable bonds is 2. The molecule has 1 spiro atoms. The lowest BCUT2D eigenvalue weighted by Crippen LogP contribution is -2.31. The summed E-state index contributed by atoms with van der Waals surface area (Å²) in [6, 6.07) is 11.7. The van der Waals surface area contributed by atoms with E-state index in [-0.39, 0.29) is 5.76 Å². The van der Waals surface area contributed by atoms with Crippen molar-refractivity contribution in [2.45, 2.75) is 58.0 Å². The fourth-order valence-corrected chi connectivity index (χ4v) is 4.67. The Kier molecular flexibility index (Phi) is 4.96. The second-order valence-corrected chi connectivity index (χ2v) is 8.45. The van der Waals surface area contributed by atoms with Gasteiger partial charge in [-0.15, -0.1) is 0 Å². The second-order valence-electron chi connectivity index (χ2n) is 8.01. The first-order valence-electron chi connectivity index (χ1n) is 9.96. The predicted molar refractivity (Wildman–Crippen MR) is 112 cm³/mol. The Bertz CT molecular complexity index is 949. The molecule has 4 heteroatoms. The summed E-state index contributed by atoms with van der Waals surface area (Å²) in [6.45, 7) is 4.02. The number of hydrogen-bond acceptors (Lipinski definition) is 3. The number of carbonyl (C=O) groups is 1. The predicted octanol–water partition coefficient (Wildman–Crippen LogP) is 6.54. The van der Waals surface area contributed by atoms with Crippen LogP contribution in [-0.4, -0.2) is 16.7 Å². The molecule has 146 valence electrons. The zero-order valence-corrected chi connectivity index (χ0v) is 17.1. The van der Waals surface area contributed by atoms with Gasteiger partial charge in [-0.3, -0.25) is 0 Å². The molecule has 0 atom stereocenters. The lowest BCUT2D eigenvalue weighted by Gasteiger charge is -2.26. The Balaban J connectivity index is 1.84. The molecule has 1 heterocycles. The van der Waals surface area contributed by atoms with E-state index in [0.29, 0.717) is 23.4 Å². The molecule has 4 rings (SSSR count). The van der Waals surface area contributed by atoms with Crippen LogP contribution < -0.4 is 0 Å². The number of aliphatic hydroxyl groups is 1. The number of carbonyl (C=O) groups excluding carboxylic acids is 1. The molecule has 2 aliphatic rings. The topological polar surface area (TPSA) is 46.5 Å². The molecule has 1 aliphatic carbocycles. The summed E-state index contributed by atoms with van der Waals surface area (Å²) in [5.41, 5.74) is 4.36. The molecule has 0 amide bonds. The fraction of sp³-hybridized carbons (Fsp3) is 0.375. The van der Waals surface area contributed by atoms with Crippen LogP contribution in [-0.2, 0) is 9.53 Å². The summed E-state index contributed by atoms with van der Waals surface area (Å²) in [5, 5.41) is 11.8. The van der Waals surface area contributed by atoms with E-state index in [0.717, 1.165) is 53.5 Å². The molecule has 2 aromatic rings. The number of aryl methyl sites for hydroxylation is 2. The average molecular weight is 397 g/mol. The Labute approximate surface area is 171 Å². The minimum atomic E-state index is -0.833. The van der Waals surface area contributed by atoms with Gasteiger partial charge in [-0.1, -0.05) is 42.6 Å². The minimum Gasteiger partial charge on any atom is -0.507 e. The largest absolute Gasteiger partial charge is 0.507 e. The normalized spacial score (nSPS) is 19.0. The van der Waals surface area contributed by atoms with Gasteiger partial charge < -0.3 is 9.84 Å². The molecule has 0 bridgehead atoms. The van der Waals surface area contributed by atoms with Crippen molar-refractivity contribution < 1.29 is 14.6 Å². The number of hydrogen-bond donors (Lipinski definition) is 1. The first-order valence-corrected chi connectivity index (χ1v) is 10.3. The van der Waals surface area contributed by atoms with Crippen molar-refractivity contribution in [2.75, 3.05) is 0 Å². The van der Waals surface area contributed by atoms with Gasteiger partial charge >= 0.3 is 5.97 Å². The van der Waals surface area contributed by atoms with Gasteiger partial charge in [0.1, 0.15) is 5.57 Å². The van der Waals surface area contributed by atoms with E-state index in [1.807, 2.05) is 37.3 Å². The third kappa shape index (κ3) is 3.22. The van der Waals surface area contributed by atoms with Gasteiger partial charge in [0, 0.05) is 5.02 Å². The van der Waals surface area contributed by atoms with Crippen molar-refractivity contribution in [1.82, 2.24) is 0 Å². The van der Waals surface area contributed by atoms with E-state index in [9.17, 15) is 9.90 Å². The molecular formula is C24H25ClO3. The van der Waals surface area contributed by atoms with E-state index < -0.39 is 11.6 Å². The van der Waals surface area contributed by atoms with E-state index >= 15 is 0 Å². The first-order chi connectivity index (χ1) is 13.4. The van der Waals surface area contributed by atoms with Gasteiger partial charge in [0.25, 0.3) is 0 Å². The van der Waals surface area contributed by atoms with Crippen LogP contribution in [0.2, 0.25) is 5.02 Å². The van der Waals surface area contributed by atoms with Gasteiger partial charge in [-0.05, 0) is 85.5 Å². The number of halogens is 1. The molecule has 0 aromatic heterocycles. The van der Waals surface area contributed by atoms with Crippen LogP contribution in [0.25, 0.3) is 16.7 Å². The Hall–Kier alpha value is -2.26. The van der Waals surface area contributed by atoms with Crippen molar-refractivity contribution in [3.8, 4) is 11.1 Å². The van der Waals surface area contributed by atoms with Crippen molar-refractivity contribution in [2.24, 2.45) is 0 Å². The number of esters is 1. The molecule has 1 saturated carbocycles. The van der Waals surface area contributed by atoms with Gasteiger partial charge in [0.2, 0.25) is 0 Å². The minimum absolute atomic E-state index is 0.119. The zero-order valence-electron chi connectivity index (χ0n) is 16.3. The summed E-state index contributed by atoms with van der Waals surface area (Å²) >= 11 is 6.03. The lowest BCUT2D eigenvalue weighted by molar-refractivity contribution is -0.147. The van der Waals surface area contributed by atoms with Crippen LogP contribution in [0.1, 0.15) is 55.2 Å². The van der Waals surface area contributed by atoms with Crippen molar-refractivity contribution >= 4 is 23.1 Å². The number of benzene rings is 2. The SMILES string of the molecule is Cc1cc(C)c(-c2ccc(Cl)cc2)cc1C1=C(O)C2(CCCCCC2)OC1=O. The molecular weight excluding hydrogens is 372 g/mol. The summed E-state index contributed by atoms with van der Waals surface area (Å²) in [5.74, 6) is -0.290. The van der Waals surface area contributed by atoms with Gasteiger partial charge in [-0.25, -0.2) is 4.79 Å². The molecule has 0 radical (unpaired) electrons.